The molecule has 4 amide bonds. The van der Waals surface area contributed by atoms with E-state index in [1.54, 1.807) is 10.6 Å². The molecule has 3 rings (SSSR count). The number of nitrogens with one attached hydrogen (secondary N) is 2. The molecule has 1 fully saturated rings. The van der Waals surface area contributed by atoms with Crippen LogP contribution in [-0.4, -0.2) is 62.5 Å². The van der Waals surface area contributed by atoms with Crippen LogP contribution < -0.4 is 24.8 Å². The van der Waals surface area contributed by atoms with Gasteiger partial charge in [0, 0.05) is 6.54 Å². The minimum Gasteiger partial charge on any atom is -0.493 e. The van der Waals surface area contributed by atoms with Crippen molar-refractivity contribution in [2.75, 3.05) is 27.9 Å². The number of imide groups is 1. The summed E-state index contributed by atoms with van der Waals surface area (Å²) >= 11 is 0. The molecule has 0 spiro atoms. The topological polar surface area (TPSA) is 106 Å². The second-order valence-electron chi connectivity index (χ2n) is 7.35. The molecule has 1 atom stereocenters. The minimum atomic E-state index is -5.40. The smallest absolute Gasteiger partial charge is 0.440 e. The molecule has 0 saturated carbocycles. The highest BCUT2D eigenvalue weighted by Crippen LogP contribution is 2.40. The van der Waals surface area contributed by atoms with Gasteiger partial charge < -0.3 is 19.5 Å². The van der Waals surface area contributed by atoms with Crippen molar-refractivity contribution in [2.24, 2.45) is 0 Å². The van der Waals surface area contributed by atoms with Gasteiger partial charge in [0.2, 0.25) is 5.75 Å². The number of hydrogen-bond acceptors (Lipinski definition) is 6. The SMILES string of the molecule is COc1ccc(C(=O)NC2(C(F)(F)F)NC(=O)N(CCc3ccc(F)cc3)C2=O)c(OC)c1OC. The van der Waals surface area contributed by atoms with E-state index in [0.717, 1.165) is 25.3 Å². The number of hydrogen-bond donors (Lipinski definition) is 2. The second-order valence-corrected chi connectivity index (χ2v) is 7.35. The Bertz CT molecular complexity index is 1140. The lowest BCUT2D eigenvalue weighted by Gasteiger charge is -2.30. The number of urea groups is 1. The van der Waals surface area contributed by atoms with Crippen molar-refractivity contribution in [1.82, 2.24) is 15.5 Å². The van der Waals surface area contributed by atoms with E-state index in [4.69, 9.17) is 14.2 Å². The summed E-state index contributed by atoms with van der Waals surface area (Å²) in [5.74, 6) is -3.77. The van der Waals surface area contributed by atoms with Crippen LogP contribution in [0.2, 0.25) is 0 Å². The molecule has 0 aromatic heterocycles. The Labute approximate surface area is 196 Å². The van der Waals surface area contributed by atoms with Crippen molar-refractivity contribution in [3.63, 3.8) is 0 Å². The van der Waals surface area contributed by atoms with Crippen LogP contribution in [0.25, 0.3) is 0 Å². The fourth-order valence-electron chi connectivity index (χ4n) is 3.54. The number of halogens is 4. The summed E-state index contributed by atoms with van der Waals surface area (Å²) in [5, 5.41) is 3.18. The fourth-order valence-corrected chi connectivity index (χ4v) is 3.54. The van der Waals surface area contributed by atoms with Gasteiger partial charge in [-0.05, 0) is 36.2 Å². The van der Waals surface area contributed by atoms with E-state index in [0.29, 0.717) is 10.5 Å². The predicted octanol–water partition coefficient (Wildman–Crippen LogP) is 2.63. The molecule has 9 nitrogen and oxygen atoms in total. The van der Waals surface area contributed by atoms with Gasteiger partial charge >= 0.3 is 12.2 Å². The largest absolute Gasteiger partial charge is 0.493 e. The fraction of sp³-hybridized carbons (Fsp3) is 0.318. The summed E-state index contributed by atoms with van der Waals surface area (Å²) in [5.41, 5.74) is -3.64. The van der Waals surface area contributed by atoms with Crippen LogP contribution >= 0.6 is 0 Å². The number of rotatable bonds is 8. The summed E-state index contributed by atoms with van der Waals surface area (Å²) in [4.78, 5) is 38.5. The highest BCUT2D eigenvalue weighted by atomic mass is 19.4. The van der Waals surface area contributed by atoms with E-state index >= 15 is 0 Å². The lowest BCUT2D eigenvalue weighted by Crippen LogP contribution is -2.69. The molecule has 1 saturated heterocycles. The minimum absolute atomic E-state index is 0.0369. The van der Waals surface area contributed by atoms with Gasteiger partial charge in [-0.3, -0.25) is 19.8 Å². The molecule has 0 aliphatic carbocycles. The Kier molecular flexibility index (Phi) is 7.08. The summed E-state index contributed by atoms with van der Waals surface area (Å²) in [6.07, 6.45) is -5.44. The Balaban J connectivity index is 1.92. The first-order valence-electron chi connectivity index (χ1n) is 10.1. The Morgan fingerprint density at radius 1 is 1.00 bits per heavy atom. The second kappa shape index (κ2) is 9.68. The highest BCUT2D eigenvalue weighted by molar-refractivity contribution is 6.10. The molecule has 0 bridgehead atoms. The molecule has 1 aliphatic rings. The van der Waals surface area contributed by atoms with E-state index < -0.39 is 47.6 Å². The molecule has 2 N–H and O–H groups in total. The number of ether oxygens (including phenoxy) is 3. The van der Waals surface area contributed by atoms with Crippen molar-refractivity contribution < 1.29 is 46.2 Å². The van der Waals surface area contributed by atoms with Crippen LogP contribution in [0.3, 0.4) is 0 Å². The molecular weight excluding hydrogens is 478 g/mol. The Morgan fingerprint density at radius 2 is 1.63 bits per heavy atom. The molecule has 188 valence electrons. The quantitative estimate of drug-likeness (QED) is 0.428. The zero-order chi connectivity index (χ0) is 26.0. The van der Waals surface area contributed by atoms with Gasteiger partial charge in [0.05, 0.1) is 26.9 Å². The molecule has 1 heterocycles. The first kappa shape index (κ1) is 25.6. The van der Waals surface area contributed by atoms with Gasteiger partial charge in [0.15, 0.2) is 11.5 Å². The molecule has 2 aromatic carbocycles. The van der Waals surface area contributed by atoms with E-state index in [1.165, 1.54) is 32.4 Å². The van der Waals surface area contributed by atoms with Crippen LogP contribution in [-0.2, 0) is 11.2 Å². The lowest BCUT2D eigenvalue weighted by molar-refractivity contribution is -0.200. The van der Waals surface area contributed by atoms with Crippen LogP contribution in [0.15, 0.2) is 36.4 Å². The maximum absolute atomic E-state index is 14.1. The number of carbonyl (C=O) groups is 3. The Morgan fingerprint density at radius 3 is 2.17 bits per heavy atom. The number of carbonyl (C=O) groups excluding carboxylic acids is 3. The van der Waals surface area contributed by atoms with E-state index in [9.17, 15) is 31.9 Å². The summed E-state index contributed by atoms with van der Waals surface area (Å²) in [7, 11) is 3.70. The lowest BCUT2D eigenvalue weighted by atomic mass is 10.1. The number of amides is 4. The Hall–Kier alpha value is -4.03. The van der Waals surface area contributed by atoms with Gasteiger partial charge in [-0.1, -0.05) is 12.1 Å². The predicted molar refractivity (Wildman–Crippen MR) is 113 cm³/mol. The monoisotopic (exact) mass is 499 g/mol. The van der Waals surface area contributed by atoms with Gasteiger partial charge in [-0.15, -0.1) is 0 Å². The average molecular weight is 499 g/mol. The van der Waals surface area contributed by atoms with Crippen LogP contribution in [0.4, 0.5) is 22.4 Å². The summed E-state index contributed by atoms with van der Waals surface area (Å²) < 4.78 is 70.8. The van der Waals surface area contributed by atoms with Crippen LogP contribution in [0.5, 0.6) is 17.2 Å². The first-order chi connectivity index (χ1) is 16.5. The molecule has 35 heavy (non-hydrogen) atoms. The number of alkyl halides is 3. The zero-order valence-corrected chi connectivity index (χ0v) is 18.8. The van der Waals surface area contributed by atoms with Crippen molar-refractivity contribution in [3.8, 4) is 17.2 Å². The summed E-state index contributed by atoms with van der Waals surface area (Å²) in [6.45, 7) is -0.441. The maximum atomic E-state index is 14.1. The third-order valence-electron chi connectivity index (χ3n) is 5.32. The third kappa shape index (κ3) is 4.66. The van der Waals surface area contributed by atoms with Gasteiger partial charge in [-0.2, -0.15) is 13.2 Å². The third-order valence-corrected chi connectivity index (χ3v) is 5.32. The molecule has 13 heteroatoms. The molecule has 0 radical (unpaired) electrons. The van der Waals surface area contributed by atoms with Crippen molar-refractivity contribution in [2.45, 2.75) is 18.3 Å². The van der Waals surface area contributed by atoms with E-state index in [1.807, 2.05) is 0 Å². The molecule has 1 unspecified atom stereocenters. The highest BCUT2D eigenvalue weighted by Gasteiger charge is 2.68. The van der Waals surface area contributed by atoms with Gasteiger partial charge in [-0.25, -0.2) is 9.18 Å². The zero-order valence-electron chi connectivity index (χ0n) is 18.8. The van der Waals surface area contributed by atoms with Crippen molar-refractivity contribution >= 4 is 17.8 Å². The van der Waals surface area contributed by atoms with E-state index in [2.05, 4.69) is 0 Å². The van der Waals surface area contributed by atoms with Crippen molar-refractivity contribution in [1.29, 1.82) is 0 Å². The number of nitrogens with zero attached hydrogens (tertiary/aromatic N) is 1. The van der Waals surface area contributed by atoms with Crippen LogP contribution in [0.1, 0.15) is 15.9 Å². The summed E-state index contributed by atoms with van der Waals surface area (Å²) in [6, 6.07) is 6.05. The average Bonchev–Trinajstić information content (AvgIpc) is 3.06. The standard InChI is InChI=1S/C22H21F4N3O6/c1-33-15-9-8-14(16(34-2)17(15)35-3)18(30)27-21(22(24,25)26)19(31)29(20(32)28-21)11-10-12-4-6-13(23)7-5-12/h4-9H,10-11H2,1-3H3,(H,27,30)(H,28,32). The van der Waals surface area contributed by atoms with Crippen molar-refractivity contribution in [3.05, 3.63) is 53.3 Å². The number of benzene rings is 2. The first-order valence-corrected chi connectivity index (χ1v) is 10.1. The number of methoxy groups -OCH3 is 3. The molecule has 1 aliphatic heterocycles. The normalized spacial score (nSPS) is 17.7. The molecular formula is C22H21F4N3O6. The van der Waals surface area contributed by atoms with Gasteiger partial charge in [0.25, 0.3) is 17.5 Å². The van der Waals surface area contributed by atoms with Gasteiger partial charge in [0.1, 0.15) is 5.82 Å². The molecule has 2 aromatic rings. The van der Waals surface area contributed by atoms with E-state index in [-0.39, 0.29) is 23.7 Å². The van der Waals surface area contributed by atoms with Crippen LogP contribution in [0, 0.1) is 5.82 Å². The maximum Gasteiger partial charge on any atom is 0.440 e.